The van der Waals surface area contributed by atoms with E-state index in [9.17, 15) is 0 Å². The van der Waals surface area contributed by atoms with Gasteiger partial charge in [0.05, 0.1) is 0 Å². The first-order valence-electron chi connectivity index (χ1n) is 9.00. The van der Waals surface area contributed by atoms with Crippen molar-refractivity contribution in [2.45, 2.75) is 6.42 Å². The van der Waals surface area contributed by atoms with E-state index in [1.807, 2.05) is 52.5 Å². The number of hydrogen-bond donors (Lipinski definition) is 0. The Morgan fingerprint density at radius 3 is 1.65 bits per heavy atom. The summed E-state index contributed by atoms with van der Waals surface area (Å²) in [7, 11) is 8.16. The predicted octanol–water partition coefficient (Wildman–Crippen LogP) is 3.26. The maximum absolute atomic E-state index is 6.05. The highest BCUT2D eigenvalue weighted by Gasteiger charge is 2.18. The first-order chi connectivity index (χ1) is 12.5. The van der Waals surface area contributed by atoms with Crippen LogP contribution in [0.5, 0.6) is 23.0 Å². The van der Waals surface area contributed by atoms with Crippen LogP contribution >= 0.6 is 0 Å². The van der Waals surface area contributed by atoms with E-state index in [2.05, 4.69) is 21.9 Å². The molecule has 0 spiro atoms. The van der Waals surface area contributed by atoms with E-state index >= 15 is 0 Å². The van der Waals surface area contributed by atoms with Crippen molar-refractivity contribution in [3.63, 3.8) is 0 Å². The Hall–Kier alpha value is -2.24. The van der Waals surface area contributed by atoms with Gasteiger partial charge < -0.3 is 24.0 Å². The van der Waals surface area contributed by atoms with E-state index in [1.54, 1.807) is 0 Å². The fourth-order valence-electron chi connectivity index (χ4n) is 2.78. The van der Waals surface area contributed by atoms with Crippen molar-refractivity contribution in [2.75, 3.05) is 54.5 Å². The van der Waals surface area contributed by atoms with Crippen LogP contribution in [0.25, 0.3) is 0 Å². The van der Waals surface area contributed by atoms with Crippen molar-refractivity contribution in [1.82, 2.24) is 9.80 Å². The third kappa shape index (κ3) is 4.90. The Morgan fingerprint density at radius 1 is 0.769 bits per heavy atom. The Labute approximate surface area is 156 Å². The van der Waals surface area contributed by atoms with Gasteiger partial charge in [0.15, 0.2) is 0 Å². The second-order valence-electron chi connectivity index (χ2n) is 7.12. The Kier molecular flexibility index (Phi) is 6.01. The molecule has 0 N–H and O–H groups in total. The first kappa shape index (κ1) is 18.5. The molecule has 3 rings (SSSR count). The maximum Gasteiger partial charge on any atom is 0.131 e. The highest BCUT2D eigenvalue weighted by Crippen LogP contribution is 2.39. The zero-order valence-electron chi connectivity index (χ0n) is 16.1. The SMILES string of the molecule is CN(C)CCOc1ccc2c(c1)Cc1cc(OCCN(C)C)ccc1O2. The number of ether oxygens (including phenoxy) is 3. The minimum Gasteiger partial charge on any atom is -0.492 e. The molecule has 0 saturated carbocycles. The minimum atomic E-state index is 0.674. The molecule has 0 radical (unpaired) electrons. The van der Waals surface area contributed by atoms with Crippen molar-refractivity contribution >= 4 is 0 Å². The molecular formula is C21H28N2O3. The van der Waals surface area contributed by atoms with Crippen LogP contribution in [0, 0.1) is 0 Å². The van der Waals surface area contributed by atoms with Crippen molar-refractivity contribution in [2.24, 2.45) is 0 Å². The predicted molar refractivity (Wildman–Crippen MR) is 104 cm³/mol. The van der Waals surface area contributed by atoms with E-state index in [4.69, 9.17) is 14.2 Å². The van der Waals surface area contributed by atoms with Gasteiger partial charge in [0.25, 0.3) is 0 Å². The molecule has 0 amide bonds. The fraction of sp³-hybridized carbons (Fsp3) is 0.429. The molecule has 5 nitrogen and oxygen atoms in total. The smallest absolute Gasteiger partial charge is 0.131 e. The third-order valence-corrected chi connectivity index (χ3v) is 4.28. The van der Waals surface area contributed by atoms with Crippen LogP contribution in [-0.2, 0) is 6.42 Å². The van der Waals surface area contributed by atoms with Crippen LogP contribution in [0.2, 0.25) is 0 Å². The van der Waals surface area contributed by atoms with Gasteiger partial charge in [0, 0.05) is 30.6 Å². The van der Waals surface area contributed by atoms with Gasteiger partial charge in [-0.3, -0.25) is 0 Å². The highest BCUT2D eigenvalue weighted by molar-refractivity contribution is 5.53. The second-order valence-corrected chi connectivity index (χ2v) is 7.12. The number of benzene rings is 2. The van der Waals surface area contributed by atoms with Gasteiger partial charge in [-0.05, 0) is 64.6 Å². The Bertz CT molecular complexity index is 683. The number of fused-ring (bicyclic) bond motifs is 2. The highest BCUT2D eigenvalue weighted by atomic mass is 16.5. The molecule has 1 aliphatic heterocycles. The topological polar surface area (TPSA) is 34.2 Å². The summed E-state index contributed by atoms with van der Waals surface area (Å²) in [4.78, 5) is 4.21. The molecule has 0 fully saturated rings. The summed E-state index contributed by atoms with van der Waals surface area (Å²) in [5, 5.41) is 0. The van der Waals surface area contributed by atoms with Crippen LogP contribution in [-0.4, -0.2) is 64.3 Å². The average molecular weight is 356 g/mol. The van der Waals surface area contributed by atoms with Crippen molar-refractivity contribution in [3.05, 3.63) is 47.5 Å². The Morgan fingerprint density at radius 2 is 1.23 bits per heavy atom. The van der Waals surface area contributed by atoms with E-state index < -0.39 is 0 Å². The lowest BCUT2D eigenvalue weighted by Gasteiger charge is -2.22. The molecule has 140 valence electrons. The quantitative estimate of drug-likeness (QED) is 0.619. The van der Waals surface area contributed by atoms with E-state index in [-0.39, 0.29) is 0 Å². The molecule has 0 aliphatic carbocycles. The largest absolute Gasteiger partial charge is 0.492 e. The monoisotopic (exact) mass is 356 g/mol. The number of nitrogens with zero attached hydrogens (tertiary/aromatic N) is 2. The van der Waals surface area contributed by atoms with E-state index in [1.165, 1.54) is 0 Å². The second kappa shape index (κ2) is 8.43. The minimum absolute atomic E-state index is 0.674. The van der Waals surface area contributed by atoms with Gasteiger partial charge in [0.1, 0.15) is 36.2 Å². The van der Waals surface area contributed by atoms with Crippen LogP contribution < -0.4 is 14.2 Å². The third-order valence-electron chi connectivity index (χ3n) is 4.28. The van der Waals surface area contributed by atoms with Gasteiger partial charge in [-0.25, -0.2) is 0 Å². The summed E-state index contributed by atoms with van der Waals surface area (Å²) in [5.74, 6) is 3.57. The summed E-state index contributed by atoms with van der Waals surface area (Å²) in [6, 6.07) is 12.1. The van der Waals surface area contributed by atoms with Gasteiger partial charge in [0.2, 0.25) is 0 Å². The molecule has 1 heterocycles. The normalized spacial score (nSPS) is 12.5. The first-order valence-corrected chi connectivity index (χ1v) is 9.00. The maximum atomic E-state index is 6.05. The molecule has 2 aromatic rings. The van der Waals surface area contributed by atoms with Crippen molar-refractivity contribution < 1.29 is 14.2 Å². The van der Waals surface area contributed by atoms with E-state index in [0.29, 0.717) is 13.2 Å². The van der Waals surface area contributed by atoms with Crippen LogP contribution in [0.1, 0.15) is 11.1 Å². The van der Waals surface area contributed by atoms with Crippen LogP contribution in [0.4, 0.5) is 0 Å². The average Bonchev–Trinajstić information content (AvgIpc) is 2.59. The molecule has 5 heteroatoms. The van der Waals surface area contributed by atoms with Gasteiger partial charge >= 0.3 is 0 Å². The molecule has 0 unspecified atom stereocenters. The molecule has 0 atom stereocenters. The van der Waals surface area contributed by atoms with Gasteiger partial charge in [-0.1, -0.05) is 0 Å². The summed E-state index contributed by atoms with van der Waals surface area (Å²) in [5.41, 5.74) is 2.29. The summed E-state index contributed by atoms with van der Waals surface area (Å²) in [6.07, 6.45) is 0.820. The summed E-state index contributed by atoms with van der Waals surface area (Å²) in [6.45, 7) is 3.13. The van der Waals surface area contributed by atoms with Crippen LogP contribution in [0.3, 0.4) is 0 Å². The lowest BCUT2D eigenvalue weighted by Crippen LogP contribution is -2.19. The zero-order chi connectivity index (χ0) is 18.5. The number of hydrogen-bond acceptors (Lipinski definition) is 5. The molecule has 26 heavy (non-hydrogen) atoms. The van der Waals surface area contributed by atoms with Crippen LogP contribution in [0.15, 0.2) is 36.4 Å². The number of rotatable bonds is 8. The summed E-state index contributed by atoms with van der Waals surface area (Å²) >= 11 is 0. The zero-order valence-corrected chi connectivity index (χ0v) is 16.1. The van der Waals surface area contributed by atoms with Gasteiger partial charge in [-0.2, -0.15) is 0 Å². The fourth-order valence-corrected chi connectivity index (χ4v) is 2.78. The van der Waals surface area contributed by atoms with Crippen molar-refractivity contribution in [3.8, 4) is 23.0 Å². The molecule has 0 aromatic heterocycles. The Balaban J connectivity index is 1.66. The molecular weight excluding hydrogens is 328 g/mol. The lowest BCUT2D eigenvalue weighted by molar-refractivity contribution is 0.260. The molecule has 0 saturated heterocycles. The summed E-state index contributed by atoms with van der Waals surface area (Å²) < 4.78 is 17.7. The molecule has 0 bridgehead atoms. The van der Waals surface area contributed by atoms with Gasteiger partial charge in [-0.15, -0.1) is 0 Å². The van der Waals surface area contributed by atoms with Crippen molar-refractivity contribution in [1.29, 1.82) is 0 Å². The lowest BCUT2D eigenvalue weighted by atomic mass is 10.00. The molecule has 2 aromatic carbocycles. The standard InChI is InChI=1S/C21H28N2O3/c1-22(2)9-11-24-18-5-7-20-16(14-18)13-17-15-19(6-8-21(17)26-20)25-12-10-23(3)4/h5-8,14-15H,9-13H2,1-4H3. The molecule has 1 aliphatic rings. The van der Waals surface area contributed by atoms with E-state index in [0.717, 1.165) is 53.6 Å². The number of likely N-dealkylation sites (N-methyl/N-ethyl adjacent to an activating group) is 2.